The first-order valence-corrected chi connectivity index (χ1v) is 9.34. The number of carbonyl (C=O) groups excluding carboxylic acids is 1. The van der Waals surface area contributed by atoms with Crippen molar-refractivity contribution >= 4 is 16.9 Å². The van der Waals surface area contributed by atoms with Gasteiger partial charge in [-0.1, -0.05) is 31.2 Å². The van der Waals surface area contributed by atoms with Gasteiger partial charge < -0.3 is 9.88 Å². The van der Waals surface area contributed by atoms with Gasteiger partial charge in [-0.3, -0.25) is 4.79 Å². The Morgan fingerprint density at radius 3 is 2.64 bits per heavy atom. The summed E-state index contributed by atoms with van der Waals surface area (Å²) >= 11 is 0. The highest BCUT2D eigenvalue weighted by Crippen LogP contribution is 2.18. The Hall–Kier alpha value is -3.48. The summed E-state index contributed by atoms with van der Waals surface area (Å²) in [4.78, 5) is 21.3. The van der Waals surface area contributed by atoms with Crippen LogP contribution in [0.2, 0.25) is 0 Å². The summed E-state index contributed by atoms with van der Waals surface area (Å²) in [5, 5.41) is 7.20. The van der Waals surface area contributed by atoms with Crippen molar-refractivity contribution in [1.29, 1.82) is 0 Å². The van der Waals surface area contributed by atoms with Gasteiger partial charge in [-0.2, -0.15) is 5.10 Å². The van der Waals surface area contributed by atoms with Crippen molar-refractivity contribution < 1.29 is 4.79 Å². The predicted octanol–water partition coefficient (Wildman–Crippen LogP) is 3.06. The monoisotopic (exact) mass is 374 g/mol. The molecule has 28 heavy (non-hydrogen) atoms. The molecule has 1 atom stereocenters. The van der Waals surface area contributed by atoms with Crippen molar-refractivity contribution in [2.75, 3.05) is 0 Å². The lowest BCUT2D eigenvalue weighted by Crippen LogP contribution is -2.30. The molecule has 0 saturated heterocycles. The van der Waals surface area contributed by atoms with Crippen molar-refractivity contribution in [3.63, 3.8) is 0 Å². The molecule has 7 nitrogen and oxygen atoms in total. The van der Waals surface area contributed by atoms with Crippen molar-refractivity contribution in [3.8, 4) is 5.69 Å². The first-order valence-electron chi connectivity index (χ1n) is 9.34. The van der Waals surface area contributed by atoms with Gasteiger partial charge in [0.1, 0.15) is 25.0 Å². The molecule has 0 fully saturated rings. The number of aromatic nitrogens is 5. The third kappa shape index (κ3) is 3.51. The number of hydrogen-bond acceptors (Lipinski definition) is 4. The lowest BCUT2D eigenvalue weighted by atomic mass is 10.1. The van der Waals surface area contributed by atoms with Gasteiger partial charge >= 0.3 is 0 Å². The van der Waals surface area contributed by atoms with Gasteiger partial charge in [0.2, 0.25) is 5.91 Å². The maximum atomic E-state index is 12.7. The van der Waals surface area contributed by atoms with Crippen LogP contribution < -0.4 is 5.32 Å². The fraction of sp³-hybridized carbons (Fsp3) is 0.238. The van der Waals surface area contributed by atoms with Crippen LogP contribution >= 0.6 is 0 Å². The highest BCUT2D eigenvalue weighted by atomic mass is 16.2. The highest BCUT2D eigenvalue weighted by Gasteiger charge is 2.15. The predicted molar refractivity (Wildman–Crippen MR) is 107 cm³/mol. The van der Waals surface area contributed by atoms with Gasteiger partial charge in [0.25, 0.3) is 0 Å². The standard InChI is InChI=1S/C21H22N6O/c1-3-20-25-18-6-4-5-7-19(18)26(20)12-21(28)24-15(2)16-8-10-17(11-9-16)27-14-22-13-23-27/h4-11,13-15H,3,12H2,1-2H3,(H,24,28)/t15-/m0/s1. The molecule has 0 saturated carbocycles. The summed E-state index contributed by atoms with van der Waals surface area (Å²) in [7, 11) is 0. The van der Waals surface area contributed by atoms with Crippen LogP contribution in [0.25, 0.3) is 16.7 Å². The molecular formula is C21H22N6O. The van der Waals surface area contributed by atoms with E-state index >= 15 is 0 Å². The minimum Gasteiger partial charge on any atom is -0.348 e. The van der Waals surface area contributed by atoms with E-state index in [0.717, 1.165) is 34.5 Å². The van der Waals surface area contributed by atoms with Gasteiger partial charge in [-0.15, -0.1) is 0 Å². The smallest absolute Gasteiger partial charge is 0.240 e. The van der Waals surface area contributed by atoms with E-state index in [9.17, 15) is 4.79 Å². The van der Waals surface area contributed by atoms with E-state index in [0.29, 0.717) is 0 Å². The Balaban J connectivity index is 1.47. The van der Waals surface area contributed by atoms with E-state index in [4.69, 9.17) is 0 Å². The average Bonchev–Trinajstić information content (AvgIpc) is 3.36. The fourth-order valence-corrected chi connectivity index (χ4v) is 3.34. The Kier molecular flexibility index (Phi) is 4.89. The van der Waals surface area contributed by atoms with E-state index in [2.05, 4.69) is 27.3 Å². The number of fused-ring (bicyclic) bond motifs is 1. The molecule has 4 rings (SSSR count). The molecule has 0 spiro atoms. The van der Waals surface area contributed by atoms with Gasteiger partial charge in [0.05, 0.1) is 22.8 Å². The topological polar surface area (TPSA) is 77.6 Å². The Labute approximate surface area is 163 Å². The van der Waals surface area contributed by atoms with Gasteiger partial charge in [0, 0.05) is 6.42 Å². The summed E-state index contributed by atoms with van der Waals surface area (Å²) in [5.41, 5.74) is 3.86. The Bertz CT molecular complexity index is 1080. The molecule has 0 radical (unpaired) electrons. The molecule has 142 valence electrons. The quantitative estimate of drug-likeness (QED) is 0.563. The molecule has 0 aliphatic carbocycles. The van der Waals surface area contributed by atoms with E-state index in [-0.39, 0.29) is 18.5 Å². The van der Waals surface area contributed by atoms with Crippen LogP contribution in [-0.4, -0.2) is 30.2 Å². The van der Waals surface area contributed by atoms with Crippen LogP contribution in [0.5, 0.6) is 0 Å². The Morgan fingerprint density at radius 1 is 1.14 bits per heavy atom. The van der Waals surface area contributed by atoms with Gasteiger partial charge in [0.15, 0.2) is 0 Å². The van der Waals surface area contributed by atoms with Gasteiger partial charge in [-0.05, 0) is 36.8 Å². The molecule has 2 aromatic heterocycles. The average molecular weight is 374 g/mol. The molecule has 0 aliphatic rings. The molecule has 1 amide bonds. The van der Waals surface area contributed by atoms with Gasteiger partial charge in [-0.25, -0.2) is 14.6 Å². The van der Waals surface area contributed by atoms with Crippen molar-refractivity contribution in [2.24, 2.45) is 0 Å². The zero-order valence-electron chi connectivity index (χ0n) is 15.9. The number of hydrogen-bond donors (Lipinski definition) is 1. The summed E-state index contributed by atoms with van der Waals surface area (Å²) in [6.07, 6.45) is 3.93. The lowest BCUT2D eigenvalue weighted by Gasteiger charge is -2.16. The van der Waals surface area contributed by atoms with Crippen LogP contribution in [-0.2, 0) is 17.8 Å². The number of para-hydroxylation sites is 2. The van der Waals surface area contributed by atoms with Crippen molar-refractivity contribution in [3.05, 3.63) is 72.6 Å². The molecule has 1 N–H and O–H groups in total. The van der Waals surface area contributed by atoms with Crippen LogP contribution in [0, 0.1) is 0 Å². The molecule has 2 aromatic carbocycles. The van der Waals surface area contributed by atoms with E-state index in [1.54, 1.807) is 11.0 Å². The van der Waals surface area contributed by atoms with E-state index in [1.165, 1.54) is 6.33 Å². The maximum absolute atomic E-state index is 12.7. The lowest BCUT2D eigenvalue weighted by molar-refractivity contribution is -0.122. The van der Waals surface area contributed by atoms with Crippen LogP contribution in [0.3, 0.4) is 0 Å². The van der Waals surface area contributed by atoms with Crippen LogP contribution in [0.1, 0.15) is 31.3 Å². The zero-order valence-corrected chi connectivity index (χ0v) is 15.9. The first-order chi connectivity index (χ1) is 13.7. The molecule has 4 aromatic rings. The molecule has 0 unspecified atom stereocenters. The number of nitrogens with zero attached hydrogens (tertiary/aromatic N) is 5. The van der Waals surface area contributed by atoms with Crippen molar-refractivity contribution in [2.45, 2.75) is 32.9 Å². The summed E-state index contributed by atoms with van der Waals surface area (Å²) in [6.45, 7) is 4.29. The largest absolute Gasteiger partial charge is 0.348 e. The summed E-state index contributed by atoms with van der Waals surface area (Å²) in [5.74, 6) is 0.881. The number of imidazole rings is 1. The first kappa shape index (κ1) is 17.9. The molecule has 0 aliphatic heterocycles. The zero-order chi connectivity index (χ0) is 19.5. The number of carbonyl (C=O) groups is 1. The second-order valence-corrected chi connectivity index (χ2v) is 6.68. The fourth-order valence-electron chi connectivity index (χ4n) is 3.34. The Morgan fingerprint density at radius 2 is 1.93 bits per heavy atom. The minimum atomic E-state index is -0.0999. The SMILES string of the molecule is CCc1nc2ccccc2n1CC(=O)N[C@@H](C)c1ccc(-n2cncn2)cc1. The second kappa shape index (κ2) is 7.64. The summed E-state index contributed by atoms with van der Waals surface area (Å²) in [6, 6.07) is 15.7. The normalized spacial score (nSPS) is 12.2. The third-order valence-corrected chi connectivity index (χ3v) is 4.81. The van der Waals surface area contributed by atoms with E-state index in [1.807, 2.05) is 60.0 Å². The van der Waals surface area contributed by atoms with Crippen LogP contribution in [0.4, 0.5) is 0 Å². The maximum Gasteiger partial charge on any atom is 0.240 e. The number of benzene rings is 2. The molecule has 7 heteroatoms. The number of amides is 1. The number of aryl methyl sites for hydroxylation is 1. The second-order valence-electron chi connectivity index (χ2n) is 6.68. The van der Waals surface area contributed by atoms with Crippen molar-refractivity contribution in [1.82, 2.24) is 29.6 Å². The van der Waals surface area contributed by atoms with E-state index < -0.39 is 0 Å². The summed E-state index contributed by atoms with van der Waals surface area (Å²) < 4.78 is 3.69. The molecule has 2 heterocycles. The third-order valence-electron chi connectivity index (χ3n) is 4.81. The number of nitrogens with one attached hydrogen (secondary N) is 1. The van der Waals surface area contributed by atoms with Crippen LogP contribution in [0.15, 0.2) is 61.2 Å². The number of rotatable bonds is 6. The molecular weight excluding hydrogens is 352 g/mol. The minimum absolute atomic E-state index is 0.0364. The molecule has 0 bridgehead atoms. The highest BCUT2D eigenvalue weighted by molar-refractivity contribution is 5.81.